The van der Waals surface area contributed by atoms with Crippen molar-refractivity contribution in [3.8, 4) is 0 Å². The standard InChI is InChI=1S/C14H22O/c1-9-10-8-14(11(9)15)12(2,3)6-5-7-13(10,14)4/h10-11,15H,1,5-8H2,2-4H3/t10-,11?,13+,14+/m0/s1. The second-order valence-electron chi connectivity index (χ2n) is 6.86. The van der Waals surface area contributed by atoms with Gasteiger partial charge in [0, 0.05) is 5.41 Å². The van der Waals surface area contributed by atoms with Gasteiger partial charge >= 0.3 is 0 Å². The van der Waals surface area contributed by atoms with E-state index >= 15 is 0 Å². The van der Waals surface area contributed by atoms with E-state index in [2.05, 4.69) is 27.4 Å². The molecule has 4 aliphatic rings. The molecule has 0 aromatic rings. The van der Waals surface area contributed by atoms with Crippen LogP contribution in [0.3, 0.4) is 0 Å². The Morgan fingerprint density at radius 1 is 1.27 bits per heavy atom. The number of hydrogen-bond acceptors (Lipinski definition) is 1. The van der Waals surface area contributed by atoms with Gasteiger partial charge in [-0.2, -0.15) is 0 Å². The SMILES string of the molecule is C=C1C(O)[C@@]23C[C@@H]1[C@@]2(C)CCCC3(C)C. The summed E-state index contributed by atoms with van der Waals surface area (Å²) in [6, 6.07) is 0. The smallest absolute Gasteiger partial charge is 0.0817 e. The van der Waals surface area contributed by atoms with Crippen LogP contribution in [0.2, 0.25) is 0 Å². The lowest BCUT2D eigenvalue weighted by Gasteiger charge is -2.67. The molecule has 1 unspecified atom stereocenters. The zero-order valence-electron chi connectivity index (χ0n) is 10.1. The molecule has 4 fully saturated rings. The van der Waals surface area contributed by atoms with Crippen molar-refractivity contribution in [3.63, 3.8) is 0 Å². The Balaban J connectivity index is 2.16. The quantitative estimate of drug-likeness (QED) is 0.604. The normalized spacial score (nSPS) is 56.1. The van der Waals surface area contributed by atoms with Crippen LogP contribution >= 0.6 is 0 Å². The molecule has 0 heterocycles. The van der Waals surface area contributed by atoms with Crippen molar-refractivity contribution in [1.82, 2.24) is 0 Å². The zero-order chi connectivity index (χ0) is 11.1. The highest BCUT2D eigenvalue weighted by atomic mass is 16.3. The highest BCUT2D eigenvalue weighted by Crippen LogP contribution is 2.81. The van der Waals surface area contributed by atoms with Crippen LogP contribution in [0, 0.1) is 22.2 Å². The third-order valence-electron chi connectivity index (χ3n) is 6.29. The van der Waals surface area contributed by atoms with E-state index in [-0.39, 0.29) is 16.9 Å². The highest BCUT2D eigenvalue weighted by Gasteiger charge is 2.78. The molecule has 4 rings (SSSR count). The van der Waals surface area contributed by atoms with Crippen LogP contribution in [0.25, 0.3) is 0 Å². The number of fused-ring (bicyclic) bond motifs is 1. The molecule has 0 aliphatic heterocycles. The summed E-state index contributed by atoms with van der Waals surface area (Å²) in [4.78, 5) is 0. The Kier molecular flexibility index (Phi) is 1.55. The molecule has 1 spiro atoms. The Morgan fingerprint density at radius 3 is 2.47 bits per heavy atom. The first-order valence-corrected chi connectivity index (χ1v) is 6.24. The van der Waals surface area contributed by atoms with Gasteiger partial charge in [0.25, 0.3) is 0 Å². The molecular formula is C14H22O. The summed E-state index contributed by atoms with van der Waals surface area (Å²) in [6.07, 6.45) is 4.83. The summed E-state index contributed by atoms with van der Waals surface area (Å²) >= 11 is 0. The van der Waals surface area contributed by atoms with E-state index in [0.29, 0.717) is 11.3 Å². The Bertz CT molecular complexity index is 343. The molecule has 84 valence electrons. The first-order valence-electron chi connectivity index (χ1n) is 6.24. The van der Waals surface area contributed by atoms with Gasteiger partial charge in [-0.25, -0.2) is 0 Å². The highest BCUT2D eigenvalue weighted by molar-refractivity contribution is 5.39. The molecule has 4 saturated carbocycles. The molecule has 0 amide bonds. The molecule has 1 heteroatoms. The first-order chi connectivity index (χ1) is 6.87. The van der Waals surface area contributed by atoms with Crippen molar-refractivity contribution < 1.29 is 5.11 Å². The van der Waals surface area contributed by atoms with Gasteiger partial charge in [-0.05, 0) is 41.6 Å². The van der Waals surface area contributed by atoms with Crippen molar-refractivity contribution >= 4 is 0 Å². The molecule has 4 aliphatic carbocycles. The maximum absolute atomic E-state index is 10.5. The first kappa shape index (κ1) is 9.89. The minimum atomic E-state index is -0.234. The minimum Gasteiger partial charge on any atom is -0.388 e. The van der Waals surface area contributed by atoms with Gasteiger partial charge in [-0.15, -0.1) is 0 Å². The minimum absolute atomic E-state index is 0.153. The lowest BCUT2D eigenvalue weighted by Crippen LogP contribution is -2.63. The van der Waals surface area contributed by atoms with Crippen LogP contribution in [-0.4, -0.2) is 11.2 Å². The summed E-state index contributed by atoms with van der Waals surface area (Å²) in [5, 5.41) is 10.5. The van der Waals surface area contributed by atoms with E-state index in [9.17, 15) is 5.11 Å². The maximum Gasteiger partial charge on any atom is 0.0817 e. The lowest BCUT2D eigenvalue weighted by molar-refractivity contribution is -0.214. The van der Waals surface area contributed by atoms with E-state index in [0.717, 1.165) is 5.57 Å². The van der Waals surface area contributed by atoms with Crippen LogP contribution < -0.4 is 0 Å². The van der Waals surface area contributed by atoms with Crippen molar-refractivity contribution in [1.29, 1.82) is 0 Å². The summed E-state index contributed by atoms with van der Waals surface area (Å²) in [5.74, 6) is 0.604. The molecule has 15 heavy (non-hydrogen) atoms. The second kappa shape index (κ2) is 2.34. The van der Waals surface area contributed by atoms with Crippen LogP contribution in [-0.2, 0) is 0 Å². The van der Waals surface area contributed by atoms with Gasteiger partial charge in [0.15, 0.2) is 0 Å². The van der Waals surface area contributed by atoms with Gasteiger partial charge in [0.05, 0.1) is 6.10 Å². The van der Waals surface area contributed by atoms with Gasteiger partial charge in [-0.1, -0.05) is 33.8 Å². The fraction of sp³-hybridized carbons (Fsp3) is 0.857. The fourth-order valence-corrected chi connectivity index (χ4v) is 5.37. The monoisotopic (exact) mass is 206 g/mol. The largest absolute Gasteiger partial charge is 0.388 e. The van der Waals surface area contributed by atoms with Gasteiger partial charge < -0.3 is 5.11 Å². The number of rotatable bonds is 0. The molecule has 4 atom stereocenters. The van der Waals surface area contributed by atoms with E-state index in [1.165, 1.54) is 25.7 Å². The van der Waals surface area contributed by atoms with Crippen LogP contribution in [0.1, 0.15) is 46.5 Å². The molecule has 0 saturated heterocycles. The zero-order valence-corrected chi connectivity index (χ0v) is 10.1. The predicted octanol–water partition coefficient (Wildman–Crippen LogP) is 3.14. The van der Waals surface area contributed by atoms with E-state index in [1.54, 1.807) is 0 Å². The van der Waals surface area contributed by atoms with E-state index in [1.807, 2.05) is 0 Å². The second-order valence-corrected chi connectivity index (χ2v) is 6.86. The molecule has 0 aromatic heterocycles. The third kappa shape index (κ3) is 0.730. The van der Waals surface area contributed by atoms with Crippen molar-refractivity contribution in [2.24, 2.45) is 22.2 Å². The predicted molar refractivity (Wildman–Crippen MR) is 61.4 cm³/mol. The third-order valence-corrected chi connectivity index (χ3v) is 6.29. The van der Waals surface area contributed by atoms with Gasteiger partial charge in [0.1, 0.15) is 0 Å². The van der Waals surface area contributed by atoms with Gasteiger partial charge in [0.2, 0.25) is 0 Å². The number of aliphatic hydroxyl groups is 1. The van der Waals surface area contributed by atoms with Gasteiger partial charge in [-0.3, -0.25) is 0 Å². The van der Waals surface area contributed by atoms with Crippen LogP contribution in [0.5, 0.6) is 0 Å². The fourth-order valence-electron chi connectivity index (χ4n) is 5.37. The lowest BCUT2D eigenvalue weighted by atomic mass is 9.37. The Labute approximate surface area is 92.6 Å². The Hall–Kier alpha value is -0.300. The molecular weight excluding hydrogens is 184 g/mol. The average molecular weight is 206 g/mol. The summed E-state index contributed by atoms with van der Waals surface area (Å²) in [6.45, 7) is 11.2. The van der Waals surface area contributed by atoms with Crippen LogP contribution in [0.15, 0.2) is 12.2 Å². The Morgan fingerprint density at radius 2 is 1.93 bits per heavy atom. The molecule has 2 bridgehead atoms. The van der Waals surface area contributed by atoms with Crippen molar-refractivity contribution in [2.45, 2.75) is 52.6 Å². The average Bonchev–Trinajstić information content (AvgIpc) is 2.48. The molecule has 1 nitrogen and oxygen atoms in total. The number of aliphatic hydroxyl groups excluding tert-OH is 1. The number of hydrogen-bond donors (Lipinski definition) is 1. The van der Waals surface area contributed by atoms with E-state index in [4.69, 9.17) is 0 Å². The molecule has 1 N–H and O–H groups in total. The summed E-state index contributed by atoms with van der Waals surface area (Å²) < 4.78 is 0. The molecule has 0 aromatic carbocycles. The molecule has 0 radical (unpaired) electrons. The van der Waals surface area contributed by atoms with Crippen molar-refractivity contribution in [3.05, 3.63) is 12.2 Å². The summed E-state index contributed by atoms with van der Waals surface area (Å²) in [5.41, 5.74) is 1.92. The van der Waals surface area contributed by atoms with Crippen LogP contribution in [0.4, 0.5) is 0 Å². The van der Waals surface area contributed by atoms with Crippen molar-refractivity contribution in [2.75, 3.05) is 0 Å². The summed E-state index contributed by atoms with van der Waals surface area (Å²) in [7, 11) is 0. The topological polar surface area (TPSA) is 20.2 Å². The maximum atomic E-state index is 10.5. The van der Waals surface area contributed by atoms with E-state index < -0.39 is 0 Å².